The van der Waals surface area contributed by atoms with Crippen LogP contribution in [0.15, 0.2) is 23.5 Å². The van der Waals surface area contributed by atoms with Crippen molar-refractivity contribution in [2.24, 2.45) is 0 Å². The van der Waals surface area contributed by atoms with E-state index in [1.165, 1.54) is 11.3 Å². The molecule has 0 aromatic carbocycles. The lowest BCUT2D eigenvalue weighted by Gasteiger charge is -2.15. The van der Waals surface area contributed by atoms with Gasteiger partial charge in [-0.25, -0.2) is 0 Å². The maximum Gasteiger partial charge on any atom is 0.253 e. The summed E-state index contributed by atoms with van der Waals surface area (Å²) in [6, 6.07) is 2.21. The first-order valence-electron chi connectivity index (χ1n) is 6.04. The summed E-state index contributed by atoms with van der Waals surface area (Å²) in [6.07, 6.45) is 5.10. The highest BCUT2D eigenvalue weighted by atomic mass is 16.1. The molecule has 1 aromatic rings. The third-order valence-corrected chi connectivity index (χ3v) is 3.61. The summed E-state index contributed by atoms with van der Waals surface area (Å²) in [4.78, 5) is 12.1. The van der Waals surface area contributed by atoms with E-state index in [1.807, 2.05) is 17.6 Å². The smallest absolute Gasteiger partial charge is 0.253 e. The number of rotatable bonds is 3. The van der Waals surface area contributed by atoms with Gasteiger partial charge in [0.25, 0.3) is 5.56 Å². The van der Waals surface area contributed by atoms with Gasteiger partial charge in [-0.3, -0.25) is 4.79 Å². The third kappa shape index (κ3) is 1.62. The highest BCUT2D eigenvalue weighted by molar-refractivity contribution is 5.33. The summed E-state index contributed by atoms with van der Waals surface area (Å²) in [5.74, 6) is 0.319. The lowest BCUT2D eigenvalue weighted by Crippen LogP contribution is -2.24. The van der Waals surface area contributed by atoms with E-state index in [1.54, 1.807) is 0 Å². The number of fused-ring (bicyclic) bond motifs is 1. The van der Waals surface area contributed by atoms with E-state index in [-0.39, 0.29) is 5.56 Å². The Kier molecular flexibility index (Phi) is 2.99. The number of aryl methyl sites for hydroxylation is 1. The molecule has 2 heterocycles. The molecular formula is C14H19NO. The van der Waals surface area contributed by atoms with Crippen LogP contribution in [0.25, 0.3) is 0 Å². The Morgan fingerprint density at radius 3 is 3.00 bits per heavy atom. The molecule has 0 aliphatic carbocycles. The summed E-state index contributed by atoms with van der Waals surface area (Å²) in [5.41, 5.74) is 3.48. The zero-order valence-corrected chi connectivity index (χ0v) is 10.1. The molecular weight excluding hydrogens is 198 g/mol. The molecule has 0 spiro atoms. The first-order chi connectivity index (χ1) is 7.69. The molecule has 2 rings (SSSR count). The molecule has 0 N–H and O–H groups in total. The van der Waals surface area contributed by atoms with Crippen LogP contribution < -0.4 is 5.56 Å². The number of aromatic nitrogens is 1. The fraction of sp³-hybridized carbons (Fsp3) is 0.500. The number of allylic oxidation sites excluding steroid dienone is 1. The molecule has 0 saturated carbocycles. The Hall–Kier alpha value is -1.31. The van der Waals surface area contributed by atoms with E-state index in [9.17, 15) is 4.79 Å². The Morgan fingerprint density at radius 2 is 2.38 bits per heavy atom. The van der Waals surface area contributed by atoms with Crippen LogP contribution in [0.4, 0.5) is 0 Å². The minimum atomic E-state index is 0.199. The van der Waals surface area contributed by atoms with Crippen LogP contribution in [-0.2, 0) is 13.0 Å². The second kappa shape index (κ2) is 4.28. The quantitative estimate of drug-likeness (QED) is 0.714. The largest absolute Gasteiger partial charge is 0.312 e. The van der Waals surface area contributed by atoms with E-state index >= 15 is 0 Å². The normalized spacial score (nSPS) is 15.9. The molecule has 1 aromatic heterocycles. The maximum atomic E-state index is 12.1. The molecule has 16 heavy (non-hydrogen) atoms. The molecule has 1 aliphatic rings. The molecule has 2 nitrogen and oxygen atoms in total. The van der Waals surface area contributed by atoms with Crippen LogP contribution in [0.2, 0.25) is 0 Å². The number of hydrogen-bond acceptors (Lipinski definition) is 1. The van der Waals surface area contributed by atoms with Gasteiger partial charge in [-0.2, -0.15) is 0 Å². The first-order valence-corrected chi connectivity index (χ1v) is 6.04. The molecule has 0 bridgehead atoms. The average molecular weight is 217 g/mol. The van der Waals surface area contributed by atoms with Crippen molar-refractivity contribution in [2.75, 3.05) is 0 Å². The van der Waals surface area contributed by atoms with Crippen LogP contribution >= 0.6 is 0 Å². The van der Waals surface area contributed by atoms with E-state index in [2.05, 4.69) is 19.6 Å². The van der Waals surface area contributed by atoms with Gasteiger partial charge < -0.3 is 4.57 Å². The second-order valence-corrected chi connectivity index (χ2v) is 4.53. The summed E-state index contributed by atoms with van der Waals surface area (Å²) in [7, 11) is 0. The first kappa shape index (κ1) is 11.2. The van der Waals surface area contributed by atoms with Crippen LogP contribution in [0.1, 0.15) is 42.5 Å². The van der Waals surface area contributed by atoms with Crippen molar-refractivity contribution >= 4 is 0 Å². The highest BCUT2D eigenvalue weighted by Crippen LogP contribution is 2.25. The summed E-state index contributed by atoms with van der Waals surface area (Å²) >= 11 is 0. The molecule has 0 amide bonds. The molecule has 0 saturated heterocycles. The fourth-order valence-electron chi connectivity index (χ4n) is 2.59. The topological polar surface area (TPSA) is 22.0 Å². The van der Waals surface area contributed by atoms with Crippen LogP contribution in [0.3, 0.4) is 0 Å². The maximum absolute atomic E-state index is 12.1. The minimum absolute atomic E-state index is 0.199. The van der Waals surface area contributed by atoms with Gasteiger partial charge in [-0.15, -0.1) is 6.58 Å². The molecule has 1 aliphatic heterocycles. The predicted molar refractivity (Wildman–Crippen MR) is 67.0 cm³/mol. The Morgan fingerprint density at radius 1 is 1.62 bits per heavy atom. The Labute approximate surface area is 96.6 Å². The van der Waals surface area contributed by atoms with Gasteiger partial charge >= 0.3 is 0 Å². The lowest BCUT2D eigenvalue weighted by molar-refractivity contribution is 0.705. The summed E-state index contributed by atoms with van der Waals surface area (Å²) in [6.45, 7) is 8.83. The van der Waals surface area contributed by atoms with E-state index < -0.39 is 0 Å². The molecule has 1 unspecified atom stereocenters. The average Bonchev–Trinajstić information content (AvgIpc) is 2.75. The van der Waals surface area contributed by atoms with Gasteiger partial charge in [0.1, 0.15) is 0 Å². The number of nitrogens with zero attached hydrogens (tertiary/aromatic N) is 1. The van der Waals surface area contributed by atoms with Gasteiger partial charge in [-0.1, -0.05) is 13.0 Å². The number of pyridine rings is 1. The molecule has 0 fully saturated rings. The fourth-order valence-corrected chi connectivity index (χ4v) is 2.59. The standard InChI is InChI=1S/C14H19NO/c1-4-11(5-2)13-9-12-7-6-8-15(12)14(16)10(13)3/h4,9,11H,1,5-8H2,2-3H3. The van der Waals surface area contributed by atoms with Gasteiger partial charge in [0.05, 0.1) is 0 Å². The van der Waals surface area contributed by atoms with Crippen molar-refractivity contribution in [2.45, 2.75) is 45.6 Å². The van der Waals surface area contributed by atoms with Crippen LogP contribution in [-0.4, -0.2) is 4.57 Å². The summed E-state index contributed by atoms with van der Waals surface area (Å²) < 4.78 is 1.93. The van der Waals surface area contributed by atoms with E-state index in [0.29, 0.717) is 5.92 Å². The van der Waals surface area contributed by atoms with Crippen molar-refractivity contribution in [3.8, 4) is 0 Å². The third-order valence-electron chi connectivity index (χ3n) is 3.61. The van der Waals surface area contributed by atoms with Gasteiger partial charge in [0, 0.05) is 23.7 Å². The molecule has 2 heteroatoms. The summed E-state index contributed by atoms with van der Waals surface area (Å²) in [5, 5.41) is 0. The van der Waals surface area contributed by atoms with Crippen molar-refractivity contribution in [1.82, 2.24) is 4.57 Å². The van der Waals surface area contributed by atoms with Gasteiger partial charge in [0.2, 0.25) is 0 Å². The van der Waals surface area contributed by atoms with Crippen molar-refractivity contribution in [3.63, 3.8) is 0 Å². The molecule has 0 radical (unpaired) electrons. The monoisotopic (exact) mass is 217 g/mol. The highest BCUT2D eigenvalue weighted by Gasteiger charge is 2.18. The molecule has 1 atom stereocenters. The van der Waals surface area contributed by atoms with Crippen molar-refractivity contribution in [1.29, 1.82) is 0 Å². The van der Waals surface area contributed by atoms with Gasteiger partial charge in [-0.05, 0) is 37.8 Å². The van der Waals surface area contributed by atoms with Crippen LogP contribution in [0.5, 0.6) is 0 Å². The minimum Gasteiger partial charge on any atom is -0.312 e. The molecule has 86 valence electrons. The second-order valence-electron chi connectivity index (χ2n) is 4.53. The zero-order valence-electron chi connectivity index (χ0n) is 10.1. The van der Waals surface area contributed by atoms with Gasteiger partial charge in [0.15, 0.2) is 0 Å². The Bertz CT molecular complexity index is 470. The lowest BCUT2D eigenvalue weighted by atomic mass is 9.93. The SMILES string of the molecule is C=CC(CC)c1cc2n(c(=O)c1C)CCC2. The van der Waals surface area contributed by atoms with Crippen LogP contribution in [0, 0.1) is 6.92 Å². The van der Waals surface area contributed by atoms with Crippen molar-refractivity contribution in [3.05, 3.63) is 45.9 Å². The van der Waals surface area contributed by atoms with E-state index in [4.69, 9.17) is 0 Å². The number of hydrogen-bond donors (Lipinski definition) is 0. The van der Waals surface area contributed by atoms with E-state index in [0.717, 1.165) is 31.4 Å². The Balaban J connectivity index is 2.60. The van der Waals surface area contributed by atoms with Crippen molar-refractivity contribution < 1.29 is 0 Å². The predicted octanol–water partition coefficient (Wildman–Crippen LogP) is 2.78. The zero-order chi connectivity index (χ0) is 11.7.